The van der Waals surface area contributed by atoms with Crippen molar-refractivity contribution in [2.75, 3.05) is 48.9 Å². The maximum Gasteiger partial charge on any atom is 0.236 e. The molecule has 2 aromatic carbocycles. The largest absolute Gasteiger partial charge is 0.494 e. The smallest absolute Gasteiger partial charge is 0.236 e. The van der Waals surface area contributed by atoms with Crippen molar-refractivity contribution < 1.29 is 23.6 Å². The molecule has 252 valence electrons. The Bertz CT molecular complexity index is 1440. The molecule has 0 bridgehead atoms. The van der Waals surface area contributed by atoms with Crippen LogP contribution in [-0.2, 0) is 9.36 Å². The average molecular weight is 800 g/mol. The Morgan fingerprint density at radius 1 is 0.913 bits per heavy atom. The summed E-state index contributed by atoms with van der Waals surface area (Å²) in [6.45, 7) is 17.5. The van der Waals surface area contributed by atoms with Gasteiger partial charge in [0.2, 0.25) is 11.5 Å². The molecule has 46 heavy (non-hydrogen) atoms. The number of nitrogens with one attached hydrogen (secondary N) is 1. The van der Waals surface area contributed by atoms with E-state index in [4.69, 9.17) is 14.2 Å². The van der Waals surface area contributed by atoms with E-state index >= 15 is 4.57 Å². The fourth-order valence-electron chi connectivity index (χ4n) is 4.65. The molecule has 3 aromatic rings. The van der Waals surface area contributed by atoms with Crippen LogP contribution in [0.3, 0.4) is 0 Å². The van der Waals surface area contributed by atoms with E-state index in [-0.39, 0.29) is 17.6 Å². The predicted molar refractivity (Wildman–Crippen MR) is 204 cm³/mol. The summed E-state index contributed by atoms with van der Waals surface area (Å²) in [4.78, 5) is 21.0. The number of hydrogen-bond donors (Lipinski definition) is 1. The van der Waals surface area contributed by atoms with Gasteiger partial charge in [-0.05, 0) is 110 Å². The van der Waals surface area contributed by atoms with Crippen LogP contribution in [0.15, 0.2) is 53.4 Å². The van der Waals surface area contributed by atoms with Crippen LogP contribution in [0, 0.1) is 3.57 Å². The van der Waals surface area contributed by atoms with Gasteiger partial charge in [-0.3, -0.25) is 9.36 Å². The number of anilines is 2. The molecule has 1 amide bonds. The van der Waals surface area contributed by atoms with Crippen molar-refractivity contribution in [2.45, 2.75) is 72.1 Å². The van der Waals surface area contributed by atoms with E-state index in [1.807, 2.05) is 77.1 Å². The highest BCUT2D eigenvalue weighted by atomic mass is 127. The Balaban J connectivity index is 1.99. The number of benzene rings is 2. The third-order valence-electron chi connectivity index (χ3n) is 6.67. The summed E-state index contributed by atoms with van der Waals surface area (Å²) in [6.07, 6.45) is 2.07. The molecule has 0 aliphatic rings. The van der Waals surface area contributed by atoms with E-state index in [0.717, 1.165) is 52.3 Å². The van der Waals surface area contributed by atoms with E-state index in [0.29, 0.717) is 53.1 Å². The fraction of sp³-hybridized carbons (Fsp3) is 0.471. The molecule has 1 atom stereocenters. The lowest BCUT2D eigenvalue weighted by Gasteiger charge is -2.25. The molecule has 3 rings (SSSR count). The molecule has 8 nitrogen and oxygen atoms in total. The van der Waals surface area contributed by atoms with E-state index in [1.54, 1.807) is 6.07 Å². The van der Waals surface area contributed by atoms with Gasteiger partial charge in [-0.1, -0.05) is 39.1 Å². The predicted octanol–water partition coefficient (Wildman–Crippen LogP) is 9.61. The molecule has 1 unspecified atom stereocenters. The topological polar surface area (TPSA) is 90.0 Å². The normalized spacial score (nSPS) is 12.5. The SMILES string of the molecule is CCCN(CCC)c1ccc(P(=O)(SCC(=O)Nc2cc(OCC)cc(C(C)C)n2)Sc2c(OCC)cc(I)cc2OCC)cc1. The van der Waals surface area contributed by atoms with Crippen LogP contribution in [0.25, 0.3) is 0 Å². The first-order valence-electron chi connectivity index (χ1n) is 15.9. The molecule has 1 heterocycles. The van der Waals surface area contributed by atoms with Gasteiger partial charge in [0.1, 0.15) is 23.1 Å². The quantitative estimate of drug-likeness (QED) is 0.0941. The molecule has 0 fully saturated rings. The van der Waals surface area contributed by atoms with E-state index in [2.05, 4.69) is 51.6 Å². The van der Waals surface area contributed by atoms with E-state index in [9.17, 15) is 4.79 Å². The van der Waals surface area contributed by atoms with Gasteiger partial charge < -0.3 is 24.4 Å². The summed E-state index contributed by atoms with van der Waals surface area (Å²) in [5.41, 5.74) is -1.44. The van der Waals surface area contributed by atoms with Crippen molar-refractivity contribution in [3.05, 3.63) is 57.8 Å². The number of carbonyl (C=O) groups is 1. The first-order valence-corrected chi connectivity index (χ1v) is 21.7. The van der Waals surface area contributed by atoms with Crippen LogP contribution in [-0.4, -0.2) is 49.6 Å². The number of nitrogens with zero attached hydrogens (tertiary/aromatic N) is 2. The third-order valence-corrected chi connectivity index (χ3v) is 15.3. The van der Waals surface area contributed by atoms with Crippen molar-refractivity contribution in [3.63, 3.8) is 0 Å². The first kappa shape index (κ1) is 38.4. The summed E-state index contributed by atoms with van der Waals surface area (Å²) in [7, 11) is 0. The van der Waals surface area contributed by atoms with E-state index < -0.39 is 5.55 Å². The van der Waals surface area contributed by atoms with Gasteiger partial charge in [-0.2, -0.15) is 0 Å². The number of halogens is 1. The Labute approximate surface area is 296 Å². The number of amides is 1. The molecule has 0 aliphatic carbocycles. The highest BCUT2D eigenvalue weighted by Crippen LogP contribution is 2.72. The standard InChI is InChI=1S/C34H47IN3O5PS2/c1-8-17-38(18-9-2)26-13-15-28(16-14-26)44(40,46-34-30(42-11-4)19-25(35)20-31(34)43-12-5)45-23-33(39)37-32-22-27(41-10-3)21-29(36-32)24(6)7/h13-16,19-22,24H,8-12,17-18,23H2,1-7H3,(H,36,37,39). The average Bonchev–Trinajstić information content (AvgIpc) is 3.02. The molecule has 0 radical (unpaired) electrons. The van der Waals surface area contributed by atoms with Crippen molar-refractivity contribution in [1.29, 1.82) is 0 Å². The van der Waals surface area contributed by atoms with Crippen molar-refractivity contribution in [3.8, 4) is 17.2 Å². The van der Waals surface area contributed by atoms with Gasteiger partial charge in [-0.15, -0.1) is 0 Å². The summed E-state index contributed by atoms with van der Waals surface area (Å²) in [5.74, 6) is 2.10. The molecule has 0 saturated heterocycles. The summed E-state index contributed by atoms with van der Waals surface area (Å²) in [5, 5.41) is 3.57. The Kier molecular flexibility index (Phi) is 15.9. The molecule has 12 heteroatoms. The maximum absolute atomic E-state index is 15.1. The molecular weight excluding hydrogens is 752 g/mol. The molecule has 1 aromatic heterocycles. The Morgan fingerprint density at radius 3 is 2.02 bits per heavy atom. The number of carbonyl (C=O) groups excluding carboxylic acids is 1. The molecule has 1 N–H and O–H groups in total. The summed E-state index contributed by atoms with van der Waals surface area (Å²) >= 11 is 4.59. The van der Waals surface area contributed by atoms with Crippen LogP contribution in [0.5, 0.6) is 17.2 Å². The number of rotatable bonds is 19. The minimum Gasteiger partial charge on any atom is -0.494 e. The highest BCUT2D eigenvalue weighted by Gasteiger charge is 2.32. The second-order valence-corrected chi connectivity index (χ2v) is 19.7. The van der Waals surface area contributed by atoms with Crippen molar-refractivity contribution in [1.82, 2.24) is 4.98 Å². The van der Waals surface area contributed by atoms with Crippen LogP contribution in [0.2, 0.25) is 0 Å². The fourth-order valence-corrected chi connectivity index (χ4v) is 12.4. The Hall–Kier alpha value is -2.08. The maximum atomic E-state index is 15.1. The van der Waals surface area contributed by atoms with Crippen LogP contribution < -0.4 is 29.7 Å². The highest BCUT2D eigenvalue weighted by molar-refractivity contribution is 14.1. The van der Waals surface area contributed by atoms with Gasteiger partial charge >= 0.3 is 0 Å². The summed E-state index contributed by atoms with van der Waals surface area (Å²) in [6, 6.07) is 15.4. The third kappa shape index (κ3) is 11.0. The zero-order valence-corrected chi connectivity index (χ0v) is 32.6. The van der Waals surface area contributed by atoms with Gasteiger partial charge in [0.25, 0.3) is 0 Å². The van der Waals surface area contributed by atoms with Gasteiger partial charge in [0.05, 0.1) is 30.5 Å². The lowest BCUT2D eigenvalue weighted by molar-refractivity contribution is -0.113. The summed E-state index contributed by atoms with van der Waals surface area (Å²) < 4.78 is 33.8. The van der Waals surface area contributed by atoms with Crippen LogP contribution in [0.4, 0.5) is 11.5 Å². The lowest BCUT2D eigenvalue weighted by Crippen LogP contribution is -2.25. The minimum absolute atomic E-state index is 0.0420. The number of ether oxygens (including phenoxy) is 3. The van der Waals surface area contributed by atoms with Crippen molar-refractivity contribution >= 4 is 73.6 Å². The monoisotopic (exact) mass is 799 g/mol. The van der Waals surface area contributed by atoms with Gasteiger partial charge in [0, 0.05) is 45.5 Å². The van der Waals surface area contributed by atoms with Gasteiger partial charge in [-0.25, -0.2) is 4.98 Å². The number of pyridine rings is 1. The van der Waals surface area contributed by atoms with Crippen LogP contribution in [0.1, 0.15) is 72.9 Å². The second-order valence-electron chi connectivity index (χ2n) is 10.7. The van der Waals surface area contributed by atoms with Crippen LogP contribution >= 0.6 is 50.9 Å². The first-order chi connectivity index (χ1) is 22.1. The number of aromatic nitrogens is 1. The molecule has 0 spiro atoms. The second kappa shape index (κ2) is 19.1. The Morgan fingerprint density at radius 2 is 1.50 bits per heavy atom. The van der Waals surface area contributed by atoms with Crippen molar-refractivity contribution in [2.24, 2.45) is 0 Å². The zero-order chi connectivity index (χ0) is 33.7. The lowest BCUT2D eigenvalue weighted by atomic mass is 10.1. The van der Waals surface area contributed by atoms with Gasteiger partial charge in [0.15, 0.2) is 0 Å². The molecule has 0 aliphatic heterocycles. The minimum atomic E-state index is -3.35. The molecular formula is C34H47IN3O5PS2. The number of hydrogen-bond acceptors (Lipinski definition) is 9. The van der Waals surface area contributed by atoms with E-state index in [1.165, 1.54) is 11.4 Å². The molecule has 0 saturated carbocycles. The zero-order valence-electron chi connectivity index (χ0n) is 27.9.